The summed E-state index contributed by atoms with van der Waals surface area (Å²) in [4.78, 5) is 44.7. The first-order valence-corrected chi connectivity index (χ1v) is 6.02. The van der Waals surface area contributed by atoms with E-state index in [4.69, 9.17) is 20.4 Å². The topological polar surface area (TPSA) is 156 Å². The summed E-state index contributed by atoms with van der Waals surface area (Å²) in [5.41, 5.74) is 0. The third-order valence-corrected chi connectivity index (χ3v) is 2.38. The first-order valence-electron chi connectivity index (χ1n) is 6.02. The molecule has 0 amide bonds. The van der Waals surface area contributed by atoms with Gasteiger partial charge in [0.15, 0.2) is 0 Å². The van der Waals surface area contributed by atoms with Crippen LogP contribution >= 0.6 is 0 Å². The summed E-state index contributed by atoms with van der Waals surface area (Å²) in [5.74, 6) is -4.71. The molecule has 0 aliphatic carbocycles. The second-order valence-electron chi connectivity index (χ2n) is 4.35. The molecule has 0 aliphatic rings. The Morgan fingerprint density at radius 2 is 0.870 bits per heavy atom. The number of hydrogen-bond donors (Lipinski definition) is 4. The zero-order valence-corrected chi connectivity index (χ0v) is 16.8. The van der Waals surface area contributed by atoms with Gasteiger partial charge in [0.1, 0.15) is 0 Å². The van der Waals surface area contributed by atoms with Crippen LogP contribution in [0.1, 0.15) is 7.85 Å². The van der Waals surface area contributed by atoms with Crippen LogP contribution in [-0.4, -0.2) is 93.4 Å². The van der Waals surface area contributed by atoms with E-state index < -0.39 is 50.1 Å². The molecule has 10 nitrogen and oxygen atoms in total. The molecule has 0 radical (unpaired) electrons. The quantitative estimate of drug-likeness (QED) is 0.235. The van der Waals surface area contributed by atoms with E-state index in [-0.39, 0.29) is 89.4 Å². The minimum Gasteiger partial charge on any atom is -1.00 e. The largest absolute Gasteiger partial charge is 1.00 e. The van der Waals surface area contributed by atoms with Gasteiger partial charge in [-0.3, -0.25) is 29.0 Å². The Morgan fingerprint density at radius 3 is 1.04 bits per heavy atom. The van der Waals surface area contributed by atoms with Gasteiger partial charge in [-0.2, -0.15) is 0 Å². The van der Waals surface area contributed by atoms with Gasteiger partial charge in [0, 0.05) is 30.2 Å². The summed E-state index contributed by atoms with van der Waals surface area (Å²) in [5, 5.41) is 34.6. The van der Waals surface area contributed by atoms with Crippen LogP contribution in [0.3, 0.4) is 0 Å². The molecule has 4 N–H and O–H groups in total. The van der Waals surface area contributed by atoms with Gasteiger partial charge in [-0.1, -0.05) is 0 Å². The second kappa shape index (κ2) is 15.5. The van der Waals surface area contributed by atoms with Crippen LogP contribution < -0.4 is 51.4 Å². The zero-order chi connectivity index (χ0) is 16.4. The Balaban J connectivity index is -0.000000667. The van der Waals surface area contributed by atoms with Crippen LogP contribution in [0.2, 0.25) is 0 Å². The average molecular weight is 402 g/mol. The molecule has 12 heteroatoms. The molecule has 0 atom stereocenters. The van der Waals surface area contributed by atoms with Gasteiger partial charge in [0.05, 0.1) is 26.2 Å². The minimum atomic E-state index is -1.18. The standard InChI is InChI=1S/C11H18N2O8.Fe.K.H/c14-8(15)4-12(5-9(16)17)2-1-3-13(6-10(18)19)7-11(20)21;;;/h1-7H2,(H,14,15)(H,16,17)(H,18,19)(H,20,21);;;/q;;+1;-1. The molecule has 0 rings (SSSR count). The van der Waals surface area contributed by atoms with Gasteiger partial charge >= 0.3 is 75.3 Å². The van der Waals surface area contributed by atoms with Crippen molar-refractivity contribution in [1.29, 1.82) is 0 Å². The van der Waals surface area contributed by atoms with Crippen molar-refractivity contribution in [3.63, 3.8) is 0 Å². The van der Waals surface area contributed by atoms with Crippen molar-refractivity contribution in [2.45, 2.75) is 6.42 Å². The van der Waals surface area contributed by atoms with Gasteiger partial charge in [-0.05, 0) is 6.42 Å². The normalized spacial score (nSPS) is 9.83. The summed E-state index contributed by atoms with van der Waals surface area (Å²) in [7, 11) is 0. The molecule has 0 spiro atoms. The maximum Gasteiger partial charge on any atom is 1.00 e. The summed E-state index contributed by atoms with van der Waals surface area (Å²) < 4.78 is 0. The van der Waals surface area contributed by atoms with Gasteiger partial charge < -0.3 is 21.9 Å². The maximum atomic E-state index is 10.6. The molecule has 0 bridgehead atoms. The molecule has 0 saturated heterocycles. The van der Waals surface area contributed by atoms with Crippen LogP contribution in [0.25, 0.3) is 0 Å². The number of carboxylic acids is 4. The second-order valence-corrected chi connectivity index (χ2v) is 4.35. The number of nitrogens with zero attached hydrogens (tertiary/aromatic N) is 2. The predicted octanol–water partition coefficient (Wildman–Crippen LogP) is -4.57. The molecular weight excluding hydrogens is 383 g/mol. The molecule has 0 aliphatic heterocycles. The van der Waals surface area contributed by atoms with Crippen LogP contribution in [0.15, 0.2) is 0 Å². The van der Waals surface area contributed by atoms with Crippen LogP contribution in [-0.2, 0) is 36.2 Å². The Hall–Kier alpha value is -0.0442. The van der Waals surface area contributed by atoms with Crippen molar-refractivity contribution in [3.05, 3.63) is 0 Å². The molecule has 0 fully saturated rings. The first-order chi connectivity index (χ1) is 9.70. The Bertz CT molecular complexity index is 347. The molecule has 0 aromatic carbocycles. The molecule has 130 valence electrons. The van der Waals surface area contributed by atoms with Crippen molar-refractivity contribution in [1.82, 2.24) is 9.80 Å². The van der Waals surface area contributed by atoms with E-state index in [9.17, 15) is 19.2 Å². The predicted molar refractivity (Wildman–Crippen MR) is 69.2 cm³/mol. The Kier molecular flexibility index (Phi) is 18.7. The average Bonchev–Trinajstić information content (AvgIpc) is 2.24. The van der Waals surface area contributed by atoms with Crippen molar-refractivity contribution in [3.8, 4) is 0 Å². The summed E-state index contributed by atoms with van der Waals surface area (Å²) in [6.45, 7) is -1.61. The van der Waals surface area contributed by atoms with Crippen molar-refractivity contribution in [2.75, 3.05) is 39.3 Å². The maximum absolute atomic E-state index is 10.6. The van der Waals surface area contributed by atoms with E-state index in [1.807, 2.05) is 0 Å². The van der Waals surface area contributed by atoms with Crippen molar-refractivity contribution in [2.24, 2.45) is 0 Å². The molecule has 0 saturated carbocycles. The van der Waals surface area contributed by atoms with E-state index in [2.05, 4.69) is 0 Å². The number of carbonyl (C=O) groups is 4. The molecule has 0 aromatic rings. The Morgan fingerprint density at radius 1 is 0.652 bits per heavy atom. The summed E-state index contributed by atoms with van der Waals surface area (Å²) >= 11 is 0. The smallest absolute Gasteiger partial charge is 1.00 e. The number of hydrogen-bond acceptors (Lipinski definition) is 6. The molecule has 0 aromatic heterocycles. The minimum absolute atomic E-state index is 0. The molecule has 0 unspecified atom stereocenters. The van der Waals surface area contributed by atoms with E-state index in [0.29, 0.717) is 0 Å². The fourth-order valence-corrected chi connectivity index (χ4v) is 1.71. The van der Waals surface area contributed by atoms with E-state index >= 15 is 0 Å². The zero-order valence-electron chi connectivity index (χ0n) is 13.6. The van der Waals surface area contributed by atoms with E-state index in [1.165, 1.54) is 9.80 Å². The van der Waals surface area contributed by atoms with E-state index in [1.54, 1.807) is 0 Å². The van der Waals surface area contributed by atoms with Crippen LogP contribution in [0.5, 0.6) is 0 Å². The number of aliphatic carboxylic acids is 4. The molecular formula is C11H19FeKN2O8. The van der Waals surface area contributed by atoms with Crippen molar-refractivity contribution < 1.29 is 109 Å². The SMILES string of the molecule is O=C(O)CN(CCCN(CC(=O)O)CC(=O)O)CC(=O)O.[Fe].[H-].[K+]. The van der Waals surface area contributed by atoms with Crippen molar-refractivity contribution >= 4 is 23.9 Å². The van der Waals surface area contributed by atoms with Crippen LogP contribution in [0, 0.1) is 0 Å². The molecule has 0 heterocycles. The molecule has 23 heavy (non-hydrogen) atoms. The monoisotopic (exact) mass is 402 g/mol. The fraction of sp³-hybridized carbons (Fsp3) is 0.636. The third kappa shape index (κ3) is 18.1. The van der Waals surface area contributed by atoms with Gasteiger partial charge in [-0.25, -0.2) is 0 Å². The Labute approximate surface area is 187 Å². The number of carboxylic acid groups (broad SMARTS) is 4. The summed E-state index contributed by atoms with van der Waals surface area (Å²) in [6, 6.07) is 0. The van der Waals surface area contributed by atoms with Gasteiger partial charge in [0.25, 0.3) is 0 Å². The summed E-state index contributed by atoms with van der Waals surface area (Å²) in [6.07, 6.45) is 0.251. The fourth-order valence-electron chi connectivity index (χ4n) is 1.71. The van der Waals surface area contributed by atoms with Gasteiger partial charge in [0.2, 0.25) is 0 Å². The van der Waals surface area contributed by atoms with Gasteiger partial charge in [-0.15, -0.1) is 0 Å². The number of rotatable bonds is 12. The van der Waals surface area contributed by atoms with Crippen LogP contribution in [0.4, 0.5) is 0 Å². The third-order valence-electron chi connectivity index (χ3n) is 2.38. The van der Waals surface area contributed by atoms with E-state index in [0.717, 1.165) is 0 Å². The first kappa shape index (κ1) is 27.8.